The SMILES string of the molecule is Cc1ccc(NC(=O)C2(Nc3ccc(C)cc3)C(=O)N(C)c3ccc(I)cc32)cc1. The molecular formula is C24H22IN3O2. The number of nitrogens with zero attached hydrogens (tertiary/aromatic N) is 1. The summed E-state index contributed by atoms with van der Waals surface area (Å²) in [6.45, 7) is 3.98. The molecule has 0 fully saturated rings. The molecule has 2 amide bonds. The topological polar surface area (TPSA) is 61.4 Å². The molecule has 3 aromatic carbocycles. The summed E-state index contributed by atoms with van der Waals surface area (Å²) in [4.78, 5) is 28.8. The third-order valence-electron chi connectivity index (χ3n) is 5.38. The zero-order valence-corrected chi connectivity index (χ0v) is 19.2. The van der Waals surface area contributed by atoms with Gasteiger partial charge >= 0.3 is 0 Å². The van der Waals surface area contributed by atoms with Gasteiger partial charge in [-0.15, -0.1) is 0 Å². The minimum absolute atomic E-state index is 0.315. The Labute approximate surface area is 189 Å². The molecule has 3 aromatic rings. The van der Waals surface area contributed by atoms with Crippen molar-refractivity contribution in [1.29, 1.82) is 0 Å². The van der Waals surface area contributed by atoms with E-state index in [0.29, 0.717) is 16.9 Å². The third kappa shape index (κ3) is 3.45. The monoisotopic (exact) mass is 511 g/mol. The summed E-state index contributed by atoms with van der Waals surface area (Å²) in [6, 6.07) is 20.9. The van der Waals surface area contributed by atoms with Crippen LogP contribution in [0.1, 0.15) is 16.7 Å². The predicted molar refractivity (Wildman–Crippen MR) is 129 cm³/mol. The number of anilines is 3. The average molecular weight is 511 g/mol. The van der Waals surface area contributed by atoms with E-state index in [9.17, 15) is 9.59 Å². The Morgan fingerprint density at radius 3 is 2.07 bits per heavy atom. The fourth-order valence-corrected chi connectivity index (χ4v) is 4.18. The van der Waals surface area contributed by atoms with Crippen molar-refractivity contribution < 1.29 is 9.59 Å². The molecule has 1 atom stereocenters. The van der Waals surface area contributed by atoms with Crippen molar-refractivity contribution in [2.75, 3.05) is 22.6 Å². The van der Waals surface area contributed by atoms with Gasteiger partial charge in [-0.05, 0) is 78.9 Å². The number of aryl methyl sites for hydroxylation is 2. The first kappa shape index (κ1) is 20.4. The molecule has 0 spiro atoms. The Bertz CT molecular complexity index is 1130. The highest BCUT2D eigenvalue weighted by Gasteiger charge is 2.56. The van der Waals surface area contributed by atoms with Gasteiger partial charge in [0.05, 0.1) is 5.69 Å². The lowest BCUT2D eigenvalue weighted by atomic mass is 9.89. The van der Waals surface area contributed by atoms with E-state index in [1.807, 2.05) is 80.6 Å². The molecule has 0 radical (unpaired) electrons. The van der Waals surface area contributed by atoms with E-state index in [1.54, 1.807) is 11.9 Å². The predicted octanol–water partition coefficient (Wildman–Crippen LogP) is 4.83. The Balaban J connectivity index is 1.84. The van der Waals surface area contributed by atoms with E-state index >= 15 is 0 Å². The van der Waals surface area contributed by atoms with Crippen molar-refractivity contribution >= 4 is 51.5 Å². The Morgan fingerprint density at radius 1 is 0.900 bits per heavy atom. The van der Waals surface area contributed by atoms with Gasteiger partial charge in [-0.1, -0.05) is 35.4 Å². The molecule has 5 nitrogen and oxygen atoms in total. The lowest BCUT2D eigenvalue weighted by molar-refractivity contribution is -0.131. The van der Waals surface area contributed by atoms with E-state index in [1.165, 1.54) is 0 Å². The fourth-order valence-electron chi connectivity index (χ4n) is 3.69. The Morgan fingerprint density at radius 2 is 1.47 bits per heavy atom. The summed E-state index contributed by atoms with van der Waals surface area (Å²) in [5.74, 6) is -0.728. The van der Waals surface area contributed by atoms with Gasteiger partial charge in [0.25, 0.3) is 11.8 Å². The van der Waals surface area contributed by atoms with Crippen LogP contribution in [0.15, 0.2) is 66.7 Å². The molecule has 0 aliphatic carbocycles. The van der Waals surface area contributed by atoms with Crippen LogP contribution in [0.5, 0.6) is 0 Å². The molecule has 1 heterocycles. The third-order valence-corrected chi connectivity index (χ3v) is 6.05. The van der Waals surface area contributed by atoms with Crippen LogP contribution in [0.3, 0.4) is 0 Å². The quantitative estimate of drug-likeness (QED) is 0.390. The summed E-state index contributed by atoms with van der Waals surface area (Å²) in [5, 5.41) is 6.21. The van der Waals surface area contributed by atoms with Crippen LogP contribution < -0.4 is 15.5 Å². The highest BCUT2D eigenvalue weighted by molar-refractivity contribution is 14.1. The number of rotatable bonds is 4. The molecule has 1 aliphatic rings. The summed E-state index contributed by atoms with van der Waals surface area (Å²) in [6.07, 6.45) is 0. The average Bonchev–Trinajstić information content (AvgIpc) is 2.93. The molecule has 1 unspecified atom stereocenters. The number of amides is 2. The molecule has 30 heavy (non-hydrogen) atoms. The van der Waals surface area contributed by atoms with Crippen LogP contribution in [-0.2, 0) is 15.1 Å². The zero-order chi connectivity index (χ0) is 21.5. The van der Waals surface area contributed by atoms with E-state index < -0.39 is 11.4 Å². The van der Waals surface area contributed by atoms with Crippen molar-refractivity contribution in [3.63, 3.8) is 0 Å². The molecule has 6 heteroatoms. The summed E-state index contributed by atoms with van der Waals surface area (Å²) in [5.41, 5.74) is 3.34. The number of carbonyl (C=O) groups excluding carboxylic acids is 2. The van der Waals surface area contributed by atoms with Crippen LogP contribution >= 0.6 is 22.6 Å². The maximum atomic E-state index is 13.7. The van der Waals surface area contributed by atoms with Gasteiger partial charge in [-0.25, -0.2) is 0 Å². The summed E-state index contributed by atoms with van der Waals surface area (Å²) in [7, 11) is 1.70. The van der Waals surface area contributed by atoms with Crippen molar-refractivity contribution in [2.45, 2.75) is 19.4 Å². The smallest absolute Gasteiger partial charge is 0.267 e. The van der Waals surface area contributed by atoms with Gasteiger partial charge in [0.15, 0.2) is 0 Å². The standard InChI is InChI=1S/C24H22IN3O2/c1-15-4-9-18(10-5-15)26-22(29)24(27-19-11-6-16(2)7-12-19)20-14-17(25)8-13-21(20)28(3)23(24)30/h4-14,27H,1-3H3,(H,26,29). The van der Waals surface area contributed by atoms with Gasteiger partial charge < -0.3 is 15.5 Å². The minimum atomic E-state index is -1.56. The second-order valence-electron chi connectivity index (χ2n) is 7.59. The highest BCUT2D eigenvalue weighted by Crippen LogP contribution is 2.43. The lowest BCUT2D eigenvalue weighted by Gasteiger charge is -2.29. The van der Waals surface area contributed by atoms with Crippen molar-refractivity contribution in [3.05, 3.63) is 87.0 Å². The van der Waals surface area contributed by atoms with E-state index in [-0.39, 0.29) is 5.91 Å². The Hall–Kier alpha value is -2.87. The van der Waals surface area contributed by atoms with Crippen LogP contribution in [0, 0.1) is 17.4 Å². The van der Waals surface area contributed by atoms with E-state index in [2.05, 4.69) is 33.2 Å². The van der Waals surface area contributed by atoms with Crippen molar-refractivity contribution in [1.82, 2.24) is 0 Å². The molecule has 0 aromatic heterocycles. The van der Waals surface area contributed by atoms with Gasteiger partial charge in [0, 0.05) is 27.6 Å². The Kier molecular flexibility index (Phi) is 5.27. The molecule has 0 saturated carbocycles. The summed E-state index contributed by atoms with van der Waals surface area (Å²) >= 11 is 2.20. The molecule has 152 valence electrons. The van der Waals surface area contributed by atoms with Gasteiger partial charge in [0.2, 0.25) is 5.54 Å². The maximum Gasteiger partial charge on any atom is 0.267 e. The van der Waals surface area contributed by atoms with E-state index in [4.69, 9.17) is 0 Å². The van der Waals surface area contributed by atoms with Crippen LogP contribution in [0.2, 0.25) is 0 Å². The number of hydrogen-bond donors (Lipinski definition) is 2. The normalized spacial score (nSPS) is 17.6. The lowest BCUT2D eigenvalue weighted by Crippen LogP contribution is -2.53. The first-order chi connectivity index (χ1) is 14.3. The maximum absolute atomic E-state index is 13.7. The van der Waals surface area contributed by atoms with Gasteiger partial charge in [-0.2, -0.15) is 0 Å². The molecule has 4 rings (SSSR count). The molecule has 0 bridgehead atoms. The second kappa shape index (κ2) is 7.75. The number of nitrogens with one attached hydrogen (secondary N) is 2. The van der Waals surface area contributed by atoms with Gasteiger partial charge in [0.1, 0.15) is 0 Å². The highest BCUT2D eigenvalue weighted by atomic mass is 127. The van der Waals surface area contributed by atoms with E-state index in [0.717, 1.165) is 20.4 Å². The van der Waals surface area contributed by atoms with Crippen LogP contribution in [0.25, 0.3) is 0 Å². The molecular weight excluding hydrogens is 489 g/mol. The van der Waals surface area contributed by atoms with Gasteiger partial charge in [-0.3, -0.25) is 9.59 Å². The largest absolute Gasteiger partial charge is 0.360 e. The fraction of sp³-hybridized carbons (Fsp3) is 0.167. The molecule has 2 N–H and O–H groups in total. The van der Waals surface area contributed by atoms with Crippen molar-refractivity contribution in [3.8, 4) is 0 Å². The zero-order valence-electron chi connectivity index (χ0n) is 17.0. The number of likely N-dealkylation sites (N-methyl/N-ethyl adjacent to an activating group) is 1. The van der Waals surface area contributed by atoms with Crippen LogP contribution in [-0.4, -0.2) is 18.9 Å². The number of halogens is 1. The molecule has 0 saturated heterocycles. The number of fused-ring (bicyclic) bond motifs is 1. The van der Waals surface area contributed by atoms with Crippen LogP contribution in [0.4, 0.5) is 17.1 Å². The number of carbonyl (C=O) groups is 2. The molecule has 1 aliphatic heterocycles. The number of hydrogen-bond acceptors (Lipinski definition) is 3. The second-order valence-corrected chi connectivity index (χ2v) is 8.83. The minimum Gasteiger partial charge on any atom is -0.360 e. The number of benzene rings is 3. The first-order valence-corrected chi connectivity index (χ1v) is 10.7. The van der Waals surface area contributed by atoms with Crippen molar-refractivity contribution in [2.24, 2.45) is 0 Å². The summed E-state index contributed by atoms with van der Waals surface area (Å²) < 4.78 is 0.952. The first-order valence-electron chi connectivity index (χ1n) is 9.62.